The molecule has 1 aliphatic rings. The SMILES string of the molecule is O=C1Cc2cccc(C(O)C(O)CCBr)c2N1. The van der Waals surface area contributed by atoms with Gasteiger partial charge in [-0.05, 0) is 12.0 Å². The molecule has 0 saturated heterocycles. The molecular weight excluding hydrogens is 286 g/mol. The third-order valence-electron chi connectivity index (χ3n) is 2.89. The van der Waals surface area contributed by atoms with Crippen molar-refractivity contribution in [2.45, 2.75) is 25.0 Å². The van der Waals surface area contributed by atoms with Gasteiger partial charge in [0.1, 0.15) is 6.10 Å². The molecule has 1 aliphatic heterocycles. The number of fused-ring (bicyclic) bond motifs is 1. The predicted octanol–water partition coefficient (Wildman–Crippen LogP) is 1.36. The summed E-state index contributed by atoms with van der Waals surface area (Å²) in [6, 6.07) is 5.37. The third kappa shape index (κ3) is 2.51. The number of aliphatic hydroxyl groups excluding tert-OH is 2. The number of carbonyl (C=O) groups is 1. The van der Waals surface area contributed by atoms with Crippen LogP contribution in [0.4, 0.5) is 5.69 Å². The van der Waals surface area contributed by atoms with Gasteiger partial charge in [0.05, 0.1) is 18.2 Å². The van der Waals surface area contributed by atoms with Gasteiger partial charge in [0.15, 0.2) is 0 Å². The molecule has 5 heteroatoms. The lowest BCUT2D eigenvalue weighted by molar-refractivity contribution is -0.115. The van der Waals surface area contributed by atoms with Crippen LogP contribution >= 0.6 is 15.9 Å². The Morgan fingerprint density at radius 2 is 2.18 bits per heavy atom. The number of alkyl halides is 1. The average molecular weight is 300 g/mol. The van der Waals surface area contributed by atoms with E-state index in [4.69, 9.17) is 0 Å². The standard InChI is InChI=1S/C12H14BrNO3/c13-5-4-9(15)12(17)8-3-1-2-7-6-10(16)14-11(7)8/h1-3,9,12,15,17H,4-6H2,(H,14,16). The Morgan fingerprint density at radius 1 is 1.41 bits per heavy atom. The minimum Gasteiger partial charge on any atom is -0.390 e. The molecule has 17 heavy (non-hydrogen) atoms. The van der Waals surface area contributed by atoms with Crippen LogP contribution in [0.2, 0.25) is 0 Å². The second kappa shape index (κ2) is 5.16. The van der Waals surface area contributed by atoms with Crippen LogP contribution in [0.15, 0.2) is 18.2 Å². The zero-order chi connectivity index (χ0) is 12.4. The highest BCUT2D eigenvalue weighted by atomic mass is 79.9. The molecule has 0 fully saturated rings. The monoisotopic (exact) mass is 299 g/mol. The molecule has 1 amide bonds. The molecule has 0 aliphatic carbocycles. The van der Waals surface area contributed by atoms with E-state index in [2.05, 4.69) is 21.2 Å². The lowest BCUT2D eigenvalue weighted by Crippen LogP contribution is -2.19. The molecule has 0 saturated carbocycles. The normalized spacial score (nSPS) is 17.5. The second-order valence-corrected chi connectivity index (χ2v) is 4.89. The molecule has 1 aromatic carbocycles. The predicted molar refractivity (Wildman–Crippen MR) is 68.2 cm³/mol. The van der Waals surface area contributed by atoms with Crippen LogP contribution in [0.5, 0.6) is 0 Å². The van der Waals surface area contributed by atoms with Gasteiger partial charge in [-0.1, -0.05) is 34.1 Å². The summed E-state index contributed by atoms with van der Waals surface area (Å²) in [6.45, 7) is 0. The maximum Gasteiger partial charge on any atom is 0.228 e. The van der Waals surface area contributed by atoms with Crippen molar-refractivity contribution in [1.29, 1.82) is 0 Å². The summed E-state index contributed by atoms with van der Waals surface area (Å²) in [6.07, 6.45) is -1.01. The van der Waals surface area contributed by atoms with Crippen molar-refractivity contribution in [2.24, 2.45) is 0 Å². The minimum atomic E-state index is -0.971. The Labute approximate surface area is 108 Å². The number of hydrogen-bond acceptors (Lipinski definition) is 3. The molecule has 2 rings (SSSR count). The number of nitrogens with one attached hydrogen (secondary N) is 1. The van der Waals surface area contributed by atoms with E-state index in [9.17, 15) is 15.0 Å². The highest BCUT2D eigenvalue weighted by Crippen LogP contribution is 2.33. The average Bonchev–Trinajstić information content (AvgIpc) is 2.68. The van der Waals surface area contributed by atoms with E-state index in [1.807, 2.05) is 6.07 Å². The molecule has 2 atom stereocenters. The number of halogens is 1. The summed E-state index contributed by atoms with van der Waals surface area (Å²) in [5.41, 5.74) is 2.11. The maximum absolute atomic E-state index is 11.3. The van der Waals surface area contributed by atoms with E-state index < -0.39 is 12.2 Å². The Hall–Kier alpha value is -0.910. The Kier molecular flexibility index (Phi) is 3.81. The summed E-state index contributed by atoms with van der Waals surface area (Å²) >= 11 is 3.22. The number of amides is 1. The smallest absolute Gasteiger partial charge is 0.228 e. The van der Waals surface area contributed by atoms with Crippen molar-refractivity contribution < 1.29 is 15.0 Å². The van der Waals surface area contributed by atoms with E-state index in [0.717, 1.165) is 5.56 Å². The molecular formula is C12H14BrNO3. The first-order chi connectivity index (χ1) is 8.13. The van der Waals surface area contributed by atoms with Crippen LogP contribution in [-0.4, -0.2) is 27.6 Å². The first-order valence-corrected chi connectivity index (χ1v) is 6.59. The summed E-state index contributed by atoms with van der Waals surface area (Å²) in [5, 5.41) is 23.2. The van der Waals surface area contributed by atoms with Gasteiger partial charge in [-0.3, -0.25) is 4.79 Å². The van der Waals surface area contributed by atoms with Crippen molar-refractivity contribution in [3.05, 3.63) is 29.3 Å². The summed E-state index contributed by atoms with van der Waals surface area (Å²) in [5.74, 6) is -0.0744. The van der Waals surface area contributed by atoms with Crippen LogP contribution in [0.3, 0.4) is 0 Å². The lowest BCUT2D eigenvalue weighted by Gasteiger charge is -2.19. The zero-order valence-corrected chi connectivity index (χ0v) is 10.8. The van der Waals surface area contributed by atoms with Crippen molar-refractivity contribution in [2.75, 3.05) is 10.6 Å². The number of para-hydroxylation sites is 1. The van der Waals surface area contributed by atoms with Crippen LogP contribution in [-0.2, 0) is 11.2 Å². The molecule has 92 valence electrons. The molecule has 0 spiro atoms. The molecule has 4 nitrogen and oxygen atoms in total. The van der Waals surface area contributed by atoms with Crippen molar-refractivity contribution in [3.63, 3.8) is 0 Å². The fraction of sp³-hybridized carbons (Fsp3) is 0.417. The number of rotatable bonds is 4. The van der Waals surface area contributed by atoms with Crippen LogP contribution in [0, 0.1) is 0 Å². The highest BCUT2D eigenvalue weighted by Gasteiger charge is 2.26. The van der Waals surface area contributed by atoms with E-state index in [1.165, 1.54) is 0 Å². The van der Waals surface area contributed by atoms with E-state index >= 15 is 0 Å². The summed E-state index contributed by atoms with van der Waals surface area (Å²) in [4.78, 5) is 11.3. The number of benzene rings is 1. The van der Waals surface area contributed by atoms with Gasteiger partial charge < -0.3 is 15.5 Å². The zero-order valence-electron chi connectivity index (χ0n) is 9.19. The van der Waals surface area contributed by atoms with Gasteiger partial charge in [-0.2, -0.15) is 0 Å². The molecule has 0 radical (unpaired) electrons. The fourth-order valence-corrected chi connectivity index (χ4v) is 2.47. The Morgan fingerprint density at radius 3 is 2.88 bits per heavy atom. The van der Waals surface area contributed by atoms with Crippen LogP contribution in [0.1, 0.15) is 23.7 Å². The van der Waals surface area contributed by atoms with Gasteiger partial charge in [-0.15, -0.1) is 0 Å². The van der Waals surface area contributed by atoms with E-state index in [0.29, 0.717) is 29.4 Å². The fourth-order valence-electron chi connectivity index (χ4n) is 2.00. The third-order valence-corrected chi connectivity index (χ3v) is 3.34. The largest absolute Gasteiger partial charge is 0.390 e. The van der Waals surface area contributed by atoms with Gasteiger partial charge in [-0.25, -0.2) is 0 Å². The summed E-state index contributed by atoms with van der Waals surface area (Å²) < 4.78 is 0. The van der Waals surface area contributed by atoms with Gasteiger partial charge >= 0.3 is 0 Å². The van der Waals surface area contributed by atoms with Crippen LogP contribution in [0.25, 0.3) is 0 Å². The van der Waals surface area contributed by atoms with Crippen molar-refractivity contribution in [3.8, 4) is 0 Å². The highest BCUT2D eigenvalue weighted by molar-refractivity contribution is 9.09. The van der Waals surface area contributed by atoms with Gasteiger partial charge in [0, 0.05) is 10.9 Å². The number of aliphatic hydroxyl groups is 2. The Bertz CT molecular complexity index is 436. The lowest BCUT2D eigenvalue weighted by atomic mass is 9.98. The van der Waals surface area contributed by atoms with E-state index in [-0.39, 0.29) is 5.91 Å². The molecule has 1 heterocycles. The van der Waals surface area contributed by atoms with Crippen molar-refractivity contribution >= 4 is 27.5 Å². The van der Waals surface area contributed by atoms with Crippen molar-refractivity contribution in [1.82, 2.24) is 0 Å². The number of anilines is 1. The van der Waals surface area contributed by atoms with Crippen LogP contribution < -0.4 is 5.32 Å². The molecule has 3 N–H and O–H groups in total. The number of hydrogen-bond donors (Lipinski definition) is 3. The molecule has 2 unspecified atom stereocenters. The van der Waals surface area contributed by atoms with Gasteiger partial charge in [0.2, 0.25) is 5.91 Å². The molecule has 1 aromatic rings. The first kappa shape index (κ1) is 12.5. The minimum absolute atomic E-state index is 0.0744. The molecule has 0 aromatic heterocycles. The second-order valence-electron chi connectivity index (χ2n) is 4.10. The molecule has 0 bridgehead atoms. The Balaban J connectivity index is 2.28. The maximum atomic E-state index is 11.3. The first-order valence-electron chi connectivity index (χ1n) is 5.47. The quantitative estimate of drug-likeness (QED) is 0.735. The van der Waals surface area contributed by atoms with Gasteiger partial charge in [0.25, 0.3) is 0 Å². The number of carbonyl (C=O) groups excluding carboxylic acids is 1. The summed E-state index contributed by atoms with van der Waals surface area (Å²) in [7, 11) is 0. The van der Waals surface area contributed by atoms with E-state index in [1.54, 1.807) is 12.1 Å². The topological polar surface area (TPSA) is 69.6 Å².